The molecule has 2 aliphatic heterocycles. The highest BCUT2D eigenvalue weighted by atomic mass is 16.7. The molecule has 18 N–H and O–H groups in total. The summed E-state index contributed by atoms with van der Waals surface area (Å²) in [5.41, 5.74) is 29.2. The van der Waals surface area contributed by atoms with Crippen LogP contribution in [0.4, 0.5) is 0 Å². The number of amides is 1. The van der Waals surface area contributed by atoms with Crippen LogP contribution in [0.5, 0.6) is 0 Å². The zero-order chi connectivity index (χ0) is 29.9. The average Bonchev–Trinajstić information content (AvgIpc) is 2.92. The molecule has 234 valence electrons. The molecule has 1 aliphatic carbocycles. The van der Waals surface area contributed by atoms with E-state index in [0.29, 0.717) is 0 Å². The van der Waals surface area contributed by atoms with Crippen LogP contribution in [0, 0.1) is 0 Å². The first-order chi connectivity index (χ1) is 18.9. The fourth-order valence-electron chi connectivity index (χ4n) is 5.11. The van der Waals surface area contributed by atoms with Crippen LogP contribution in [-0.2, 0) is 23.7 Å². The van der Waals surface area contributed by atoms with E-state index < -0.39 is 110 Å². The lowest BCUT2D eigenvalue weighted by Gasteiger charge is -2.49. The molecule has 0 spiro atoms. The van der Waals surface area contributed by atoms with Crippen molar-refractivity contribution in [1.29, 1.82) is 0 Å². The monoisotopic (exact) mass is 584 g/mol. The highest BCUT2D eigenvalue weighted by Gasteiger charge is 2.52. The molecule has 18 heteroatoms. The molecule has 3 aliphatic rings. The summed E-state index contributed by atoms with van der Waals surface area (Å²) in [5, 5.41) is 74.8. The van der Waals surface area contributed by atoms with Gasteiger partial charge < -0.3 is 88.7 Å². The molecule has 0 radical (unpaired) electrons. The predicted molar refractivity (Wildman–Crippen MR) is 133 cm³/mol. The molecule has 1 amide bonds. The van der Waals surface area contributed by atoms with E-state index in [2.05, 4.69) is 5.32 Å². The highest BCUT2D eigenvalue weighted by molar-refractivity contribution is 5.80. The van der Waals surface area contributed by atoms with Gasteiger partial charge in [-0.3, -0.25) is 4.79 Å². The van der Waals surface area contributed by atoms with Gasteiger partial charge in [-0.2, -0.15) is 0 Å². The summed E-state index contributed by atoms with van der Waals surface area (Å²) in [7, 11) is 0. The van der Waals surface area contributed by atoms with E-state index in [9.17, 15) is 40.5 Å². The summed E-state index contributed by atoms with van der Waals surface area (Å²) < 4.78 is 22.8. The highest BCUT2D eigenvalue weighted by Crippen LogP contribution is 2.31. The van der Waals surface area contributed by atoms with Crippen LogP contribution in [0.3, 0.4) is 0 Å². The van der Waals surface area contributed by atoms with Crippen LogP contribution in [-0.4, -0.2) is 159 Å². The van der Waals surface area contributed by atoms with E-state index in [4.69, 9.17) is 47.6 Å². The maximum Gasteiger partial charge on any atom is 0.249 e. The summed E-state index contributed by atoms with van der Waals surface area (Å²) >= 11 is 0. The molecule has 1 saturated carbocycles. The third kappa shape index (κ3) is 7.06. The first-order valence-corrected chi connectivity index (χ1v) is 13.1. The summed E-state index contributed by atoms with van der Waals surface area (Å²) in [6.07, 6.45) is -17.1. The Kier molecular flexibility index (Phi) is 11.9. The Morgan fingerprint density at radius 1 is 0.850 bits per heavy atom. The van der Waals surface area contributed by atoms with E-state index in [0.717, 1.165) is 0 Å². The lowest BCUT2D eigenvalue weighted by atomic mass is 9.83. The first kappa shape index (κ1) is 33.3. The third-order valence-corrected chi connectivity index (χ3v) is 7.59. The maximum absolute atomic E-state index is 12.6. The number of hydrogen-bond donors (Lipinski definition) is 13. The normalized spacial score (nSPS) is 47.0. The van der Waals surface area contributed by atoms with Gasteiger partial charge in [-0.05, 0) is 19.4 Å². The largest absolute Gasteiger partial charge is 0.394 e. The number of nitrogens with one attached hydrogen (secondary N) is 1. The quantitative estimate of drug-likeness (QED) is 0.113. The summed E-state index contributed by atoms with van der Waals surface area (Å²) in [6, 6.07) is -4.61. The predicted octanol–water partition coefficient (Wildman–Crippen LogP) is -8.46. The number of aliphatic hydroxyl groups is 7. The van der Waals surface area contributed by atoms with Gasteiger partial charge in [-0.1, -0.05) is 0 Å². The van der Waals surface area contributed by atoms with Gasteiger partial charge in [0.2, 0.25) is 5.91 Å². The van der Waals surface area contributed by atoms with Gasteiger partial charge in [-0.25, -0.2) is 0 Å². The second-order valence-corrected chi connectivity index (χ2v) is 10.4. The summed E-state index contributed by atoms with van der Waals surface area (Å²) in [6.45, 7) is -0.817. The molecule has 18 nitrogen and oxygen atoms in total. The number of carbonyl (C=O) groups is 1. The number of ether oxygens (including phenoxy) is 4. The van der Waals surface area contributed by atoms with E-state index in [1.54, 1.807) is 0 Å². The Bertz CT molecular complexity index is 816. The Morgan fingerprint density at radius 2 is 1.48 bits per heavy atom. The third-order valence-electron chi connectivity index (χ3n) is 7.59. The molecule has 0 aromatic rings. The van der Waals surface area contributed by atoms with Crippen molar-refractivity contribution in [1.82, 2.24) is 5.32 Å². The minimum atomic E-state index is -1.66. The van der Waals surface area contributed by atoms with Crippen LogP contribution in [0.2, 0.25) is 0 Å². The van der Waals surface area contributed by atoms with Crippen molar-refractivity contribution in [2.45, 2.75) is 111 Å². The molecule has 0 bridgehead atoms. The van der Waals surface area contributed by atoms with Crippen LogP contribution in [0.15, 0.2) is 0 Å². The van der Waals surface area contributed by atoms with E-state index in [-0.39, 0.29) is 25.9 Å². The van der Waals surface area contributed by atoms with Gasteiger partial charge in [0.05, 0.1) is 24.7 Å². The summed E-state index contributed by atoms with van der Waals surface area (Å²) in [5.74, 6) is -0.825. The van der Waals surface area contributed by atoms with Gasteiger partial charge in [0.15, 0.2) is 12.6 Å². The van der Waals surface area contributed by atoms with Crippen molar-refractivity contribution in [3.05, 3.63) is 0 Å². The van der Waals surface area contributed by atoms with Crippen LogP contribution in [0.25, 0.3) is 0 Å². The SMILES string of the molecule is NCCC(O)C(=O)NC1CC(N)C(OC2OC(CN)C(O)C(O)C2N)C(O)C1OC1OC(CO)C(O)C(N)C1O. The number of carbonyl (C=O) groups excluding carboxylic acids is 1. The van der Waals surface area contributed by atoms with Gasteiger partial charge in [0.1, 0.15) is 61.0 Å². The van der Waals surface area contributed by atoms with Crippen molar-refractivity contribution in [2.75, 3.05) is 19.7 Å². The van der Waals surface area contributed by atoms with E-state index in [1.165, 1.54) is 0 Å². The Labute approximate surface area is 230 Å². The molecule has 16 unspecified atom stereocenters. The van der Waals surface area contributed by atoms with Gasteiger partial charge >= 0.3 is 0 Å². The van der Waals surface area contributed by atoms with Crippen LogP contribution in [0.1, 0.15) is 12.8 Å². The fourth-order valence-corrected chi connectivity index (χ4v) is 5.11. The first-order valence-electron chi connectivity index (χ1n) is 13.1. The Balaban J connectivity index is 1.85. The van der Waals surface area contributed by atoms with Crippen molar-refractivity contribution in [2.24, 2.45) is 28.7 Å². The molecular formula is C22H44N6O12. The number of nitrogens with two attached hydrogens (primary N) is 5. The maximum atomic E-state index is 12.6. The van der Waals surface area contributed by atoms with Crippen LogP contribution < -0.4 is 34.0 Å². The van der Waals surface area contributed by atoms with Gasteiger partial charge in [0, 0.05) is 12.6 Å². The lowest BCUT2D eigenvalue weighted by molar-refractivity contribution is -0.319. The van der Waals surface area contributed by atoms with E-state index >= 15 is 0 Å². The molecule has 3 rings (SSSR count). The second-order valence-electron chi connectivity index (χ2n) is 10.4. The van der Waals surface area contributed by atoms with Gasteiger partial charge in [0.25, 0.3) is 0 Å². The van der Waals surface area contributed by atoms with Crippen LogP contribution >= 0.6 is 0 Å². The molecule has 2 saturated heterocycles. The second kappa shape index (κ2) is 14.3. The number of hydrogen-bond acceptors (Lipinski definition) is 17. The Morgan fingerprint density at radius 3 is 2.08 bits per heavy atom. The molecule has 3 fully saturated rings. The topological polar surface area (TPSA) is 338 Å². The molecule has 16 atom stereocenters. The minimum Gasteiger partial charge on any atom is -0.394 e. The average molecular weight is 585 g/mol. The van der Waals surface area contributed by atoms with Crippen molar-refractivity contribution < 1.29 is 59.5 Å². The van der Waals surface area contributed by atoms with Gasteiger partial charge in [-0.15, -0.1) is 0 Å². The number of rotatable bonds is 10. The van der Waals surface area contributed by atoms with Crippen molar-refractivity contribution in [3.63, 3.8) is 0 Å². The summed E-state index contributed by atoms with van der Waals surface area (Å²) in [4.78, 5) is 12.6. The molecular weight excluding hydrogens is 540 g/mol. The molecule has 2 heterocycles. The molecule has 0 aromatic heterocycles. The zero-order valence-corrected chi connectivity index (χ0v) is 21.8. The zero-order valence-electron chi connectivity index (χ0n) is 21.8. The van der Waals surface area contributed by atoms with Crippen molar-refractivity contribution >= 4 is 5.91 Å². The fraction of sp³-hybridized carbons (Fsp3) is 0.955. The van der Waals surface area contributed by atoms with E-state index in [1.807, 2.05) is 0 Å². The smallest absolute Gasteiger partial charge is 0.249 e. The standard InChI is InChI=1S/C22H44N6O12/c23-2-1-8(30)20(36)28-7-3-6(25)18(39-21-12(27)15(33)14(32)9(4-24)37-21)17(35)19(7)40-22-16(34)11(26)13(31)10(5-29)38-22/h6-19,21-22,29-35H,1-5,23-27H2,(H,28,36). The number of aliphatic hydroxyl groups excluding tert-OH is 7. The minimum absolute atomic E-state index is 0.0219. The van der Waals surface area contributed by atoms with Crippen molar-refractivity contribution in [3.8, 4) is 0 Å². The molecule has 40 heavy (non-hydrogen) atoms. The Hall–Kier alpha value is -1.17. The molecule has 0 aromatic carbocycles. The lowest BCUT2D eigenvalue weighted by Crippen LogP contribution is -2.70.